The summed E-state index contributed by atoms with van der Waals surface area (Å²) in [5.74, 6) is 0.326. The van der Waals surface area contributed by atoms with Crippen LogP contribution in [0.25, 0.3) is 0 Å². The number of hydrogen-bond donors (Lipinski definition) is 2. The Morgan fingerprint density at radius 1 is 1.58 bits per heavy atom. The van der Waals surface area contributed by atoms with Gasteiger partial charge in [0.1, 0.15) is 22.5 Å². The Morgan fingerprint density at radius 3 is 2.33 bits per heavy atom. The maximum absolute atomic E-state index is 8.63. The molecule has 0 unspecified atom stereocenters. The standard InChI is InChI=1S/C7H12N4S/c1-3-11(2)6(9)5(4-8)7(10)12/h3,9H2,1-2H3,(H2,10,12)/b6-5+. The van der Waals surface area contributed by atoms with Gasteiger partial charge in [0, 0.05) is 13.6 Å². The average molecular weight is 184 g/mol. The molecular weight excluding hydrogens is 172 g/mol. The van der Waals surface area contributed by atoms with Crippen LogP contribution in [0.4, 0.5) is 0 Å². The number of nitrogens with zero attached hydrogens (tertiary/aromatic N) is 2. The zero-order chi connectivity index (χ0) is 9.72. The first-order valence-corrected chi connectivity index (χ1v) is 3.86. The Balaban J connectivity index is 4.88. The van der Waals surface area contributed by atoms with Gasteiger partial charge in [0.05, 0.1) is 0 Å². The van der Waals surface area contributed by atoms with Crippen molar-refractivity contribution in [3.8, 4) is 6.07 Å². The van der Waals surface area contributed by atoms with Crippen LogP contribution >= 0.6 is 12.2 Å². The summed E-state index contributed by atoms with van der Waals surface area (Å²) < 4.78 is 0. The van der Waals surface area contributed by atoms with Gasteiger partial charge in [0.2, 0.25) is 0 Å². The van der Waals surface area contributed by atoms with Gasteiger partial charge in [0.15, 0.2) is 0 Å². The molecule has 0 aliphatic carbocycles. The van der Waals surface area contributed by atoms with Gasteiger partial charge in [-0.25, -0.2) is 0 Å². The average Bonchev–Trinajstić information content (AvgIpc) is 2.03. The van der Waals surface area contributed by atoms with Gasteiger partial charge in [-0.1, -0.05) is 12.2 Å². The number of rotatable bonds is 3. The van der Waals surface area contributed by atoms with E-state index in [1.807, 2.05) is 13.0 Å². The lowest BCUT2D eigenvalue weighted by Gasteiger charge is -2.17. The van der Waals surface area contributed by atoms with Crippen molar-refractivity contribution < 1.29 is 0 Å². The van der Waals surface area contributed by atoms with Crippen molar-refractivity contribution in [1.29, 1.82) is 5.26 Å². The van der Waals surface area contributed by atoms with E-state index in [1.165, 1.54) is 0 Å². The van der Waals surface area contributed by atoms with Crippen LogP contribution in [0.2, 0.25) is 0 Å². The summed E-state index contributed by atoms with van der Waals surface area (Å²) in [6.45, 7) is 2.63. The van der Waals surface area contributed by atoms with Crippen molar-refractivity contribution in [2.45, 2.75) is 6.92 Å². The van der Waals surface area contributed by atoms with Crippen molar-refractivity contribution in [1.82, 2.24) is 4.90 Å². The first-order valence-electron chi connectivity index (χ1n) is 3.45. The van der Waals surface area contributed by atoms with Crippen molar-refractivity contribution >= 4 is 17.2 Å². The van der Waals surface area contributed by atoms with E-state index in [0.717, 1.165) is 0 Å². The van der Waals surface area contributed by atoms with Crippen LogP contribution in [-0.2, 0) is 0 Å². The minimum Gasteiger partial charge on any atom is -0.389 e. The molecule has 0 aliphatic rings. The van der Waals surface area contributed by atoms with Gasteiger partial charge in [-0.3, -0.25) is 0 Å². The molecule has 4 N–H and O–H groups in total. The molecule has 0 saturated heterocycles. The highest BCUT2D eigenvalue weighted by molar-refractivity contribution is 7.80. The van der Waals surface area contributed by atoms with E-state index < -0.39 is 0 Å². The third-order valence-corrected chi connectivity index (χ3v) is 1.70. The number of thiocarbonyl (C=S) groups is 1. The fourth-order valence-corrected chi connectivity index (χ4v) is 0.750. The van der Waals surface area contributed by atoms with Crippen LogP contribution in [0, 0.1) is 11.3 Å². The van der Waals surface area contributed by atoms with E-state index in [4.69, 9.17) is 16.7 Å². The molecule has 0 rings (SSSR count). The van der Waals surface area contributed by atoms with Gasteiger partial charge in [-0.15, -0.1) is 0 Å². The summed E-state index contributed by atoms with van der Waals surface area (Å²) in [4.78, 5) is 1.74. The van der Waals surface area contributed by atoms with E-state index in [2.05, 4.69) is 12.2 Å². The highest BCUT2D eigenvalue weighted by Gasteiger charge is 2.08. The van der Waals surface area contributed by atoms with E-state index in [-0.39, 0.29) is 10.6 Å². The van der Waals surface area contributed by atoms with Crippen LogP contribution in [0.1, 0.15) is 6.92 Å². The molecule has 0 aromatic carbocycles. The molecule has 0 saturated carbocycles. The molecule has 12 heavy (non-hydrogen) atoms. The smallest absolute Gasteiger partial charge is 0.126 e. The lowest BCUT2D eigenvalue weighted by Crippen LogP contribution is -2.28. The van der Waals surface area contributed by atoms with Crippen LogP contribution in [0.15, 0.2) is 11.4 Å². The quantitative estimate of drug-likeness (QED) is 0.364. The minimum absolute atomic E-state index is 0.0373. The fourth-order valence-electron chi connectivity index (χ4n) is 0.600. The second-order valence-corrected chi connectivity index (χ2v) is 2.69. The van der Waals surface area contributed by atoms with Crippen molar-refractivity contribution in [3.05, 3.63) is 11.4 Å². The second kappa shape index (κ2) is 4.57. The predicted molar refractivity (Wildman–Crippen MR) is 51.9 cm³/mol. The fraction of sp³-hybridized carbons (Fsp3) is 0.429. The minimum atomic E-state index is 0.0373. The zero-order valence-corrected chi connectivity index (χ0v) is 7.98. The first kappa shape index (κ1) is 10.7. The van der Waals surface area contributed by atoms with Gasteiger partial charge in [-0.2, -0.15) is 5.26 Å². The molecule has 0 heterocycles. The molecule has 5 heteroatoms. The number of hydrogen-bond acceptors (Lipinski definition) is 4. The third kappa shape index (κ3) is 2.40. The van der Waals surface area contributed by atoms with Crippen molar-refractivity contribution in [2.24, 2.45) is 11.5 Å². The van der Waals surface area contributed by atoms with E-state index in [1.54, 1.807) is 11.9 Å². The number of nitrogens with two attached hydrogens (primary N) is 2. The van der Waals surface area contributed by atoms with E-state index in [0.29, 0.717) is 12.4 Å². The third-order valence-electron chi connectivity index (χ3n) is 1.50. The van der Waals surface area contributed by atoms with E-state index in [9.17, 15) is 0 Å². The molecule has 0 spiro atoms. The van der Waals surface area contributed by atoms with Crippen LogP contribution in [-0.4, -0.2) is 23.5 Å². The summed E-state index contributed by atoms with van der Waals surface area (Å²) in [7, 11) is 1.77. The Labute approximate surface area is 77.4 Å². The maximum atomic E-state index is 8.63. The molecule has 0 aliphatic heterocycles. The predicted octanol–water partition coefficient (Wildman–Crippen LogP) is -0.0819. The normalized spacial score (nSPS) is 11.4. The molecule has 0 amide bonds. The molecule has 0 aromatic rings. The molecular formula is C7H12N4S. The molecule has 0 bridgehead atoms. The highest BCUT2D eigenvalue weighted by Crippen LogP contribution is 2.01. The molecule has 0 aromatic heterocycles. The zero-order valence-electron chi connectivity index (χ0n) is 7.16. The molecule has 66 valence electrons. The summed E-state index contributed by atoms with van der Waals surface area (Å²) in [6.07, 6.45) is 0. The molecule has 0 atom stereocenters. The SMILES string of the molecule is CCN(C)/C(N)=C(\C#N)C(N)=S. The Bertz CT molecular complexity index is 251. The first-order chi connectivity index (χ1) is 5.54. The summed E-state index contributed by atoms with van der Waals surface area (Å²) in [6, 6.07) is 1.86. The summed E-state index contributed by atoms with van der Waals surface area (Å²) in [5.41, 5.74) is 11.1. The van der Waals surface area contributed by atoms with E-state index >= 15 is 0 Å². The van der Waals surface area contributed by atoms with Gasteiger partial charge < -0.3 is 16.4 Å². The maximum Gasteiger partial charge on any atom is 0.126 e. The van der Waals surface area contributed by atoms with Crippen LogP contribution in [0.5, 0.6) is 0 Å². The lowest BCUT2D eigenvalue weighted by molar-refractivity contribution is 0.435. The molecule has 4 nitrogen and oxygen atoms in total. The Kier molecular flexibility index (Phi) is 4.08. The molecule has 0 fully saturated rings. The topological polar surface area (TPSA) is 79.1 Å². The second-order valence-electron chi connectivity index (χ2n) is 2.25. The largest absolute Gasteiger partial charge is 0.389 e. The summed E-state index contributed by atoms with van der Waals surface area (Å²) >= 11 is 4.65. The Hall–Kier alpha value is -1.28. The number of nitriles is 1. The Morgan fingerprint density at radius 2 is 2.08 bits per heavy atom. The lowest BCUT2D eigenvalue weighted by atomic mass is 10.3. The highest BCUT2D eigenvalue weighted by atomic mass is 32.1. The van der Waals surface area contributed by atoms with Crippen LogP contribution < -0.4 is 11.5 Å². The van der Waals surface area contributed by atoms with Crippen molar-refractivity contribution in [2.75, 3.05) is 13.6 Å². The van der Waals surface area contributed by atoms with Gasteiger partial charge in [0.25, 0.3) is 0 Å². The monoisotopic (exact) mass is 184 g/mol. The van der Waals surface area contributed by atoms with Crippen molar-refractivity contribution in [3.63, 3.8) is 0 Å². The van der Waals surface area contributed by atoms with Crippen LogP contribution in [0.3, 0.4) is 0 Å². The summed E-state index contributed by atoms with van der Waals surface area (Å²) in [5, 5.41) is 8.63. The van der Waals surface area contributed by atoms with Gasteiger partial charge in [-0.05, 0) is 6.92 Å². The van der Waals surface area contributed by atoms with Gasteiger partial charge >= 0.3 is 0 Å². The molecule has 0 radical (unpaired) electrons.